The Morgan fingerprint density at radius 3 is 1.82 bits per heavy atom. The summed E-state index contributed by atoms with van der Waals surface area (Å²) in [4.78, 5) is 109. The fourth-order valence-electron chi connectivity index (χ4n) is 7.20. The summed E-state index contributed by atoms with van der Waals surface area (Å²) in [5.74, 6) is -2.72. The van der Waals surface area contributed by atoms with Crippen LogP contribution in [0.25, 0.3) is 11.1 Å². The summed E-state index contributed by atoms with van der Waals surface area (Å²) in [7, 11) is 1.44. The van der Waals surface area contributed by atoms with E-state index in [0.717, 1.165) is 0 Å². The van der Waals surface area contributed by atoms with Gasteiger partial charge in [-0.15, -0.1) is 0 Å². The molecule has 0 unspecified atom stereocenters. The monoisotopic (exact) mass is 1010 g/mol. The molecule has 0 aliphatic carbocycles. The third-order valence-electron chi connectivity index (χ3n) is 10.3. The highest BCUT2D eigenvalue weighted by Gasteiger charge is 2.35. The maximum Gasteiger partial charge on any atom is 0.408 e. The van der Waals surface area contributed by atoms with Crippen molar-refractivity contribution in [2.75, 3.05) is 33.2 Å². The number of nitrogens with zero attached hydrogens (tertiary/aromatic N) is 1. The molecule has 1 aliphatic heterocycles. The number of ether oxygens (including phenoxy) is 4. The first-order valence-electron chi connectivity index (χ1n) is 24.3. The molecule has 8 N–H and O–H groups in total. The number of fused-ring (bicyclic) bond motifs is 5. The van der Waals surface area contributed by atoms with Crippen molar-refractivity contribution in [1.82, 2.24) is 42.1 Å². The number of phenols is 1. The van der Waals surface area contributed by atoms with Gasteiger partial charge >= 0.3 is 24.4 Å². The lowest BCUT2D eigenvalue weighted by Crippen LogP contribution is -2.58. The van der Waals surface area contributed by atoms with Gasteiger partial charge in [-0.3, -0.25) is 19.2 Å². The number of hydrogen-bond donors (Lipinski definition) is 8. The van der Waals surface area contributed by atoms with Crippen LogP contribution in [-0.2, 0) is 51.0 Å². The quantitative estimate of drug-likeness (QED) is 0.0853. The second-order valence-electron chi connectivity index (χ2n) is 21.6. The Balaban J connectivity index is 1.96. The van der Waals surface area contributed by atoms with E-state index in [1.807, 2.05) is 12.1 Å². The molecule has 0 aromatic heterocycles. The van der Waals surface area contributed by atoms with Crippen molar-refractivity contribution in [1.29, 1.82) is 0 Å². The lowest BCUT2D eigenvalue weighted by molar-refractivity contribution is -0.142. The normalized spacial score (nSPS) is 17.1. The largest absolute Gasteiger partial charge is 0.508 e. The van der Waals surface area contributed by atoms with Crippen LogP contribution in [0.15, 0.2) is 42.5 Å². The second-order valence-corrected chi connectivity index (χ2v) is 21.6. The number of aromatic hydroxyl groups is 1. The van der Waals surface area contributed by atoms with Gasteiger partial charge in [0.1, 0.15) is 52.3 Å². The standard InChI is InChI=1S/C51H78N8O13/c1-48(2,3)69-44(65)54-24-16-20-36-43(64)59(13)38(42(63)52-23-15-19-35(57-46(67)71-50(7,8)9)40(61)53-25-26-55-45(66)70-49(4,5)6)28-31-17-14-18-32(27-31)33-21-22-39(60)34(29-33)30-37(41(62)56-36)58-47(68)72-51(10,11)12/h14,17-18,21-22,27,29,35-38,60H,15-16,19-20,23-26,28,30H2,1-13H3,(H,52,63)(H,53,61)(H,54,65)(H,55,66)(H,56,62)(H,57,67)(H,58,68)/t35-,36-,37-,38-/m0/s1. The van der Waals surface area contributed by atoms with Crippen LogP contribution in [-0.4, -0.2) is 138 Å². The van der Waals surface area contributed by atoms with Gasteiger partial charge in [0.25, 0.3) is 0 Å². The molecule has 21 heteroatoms. The molecule has 1 heterocycles. The van der Waals surface area contributed by atoms with Crippen LogP contribution in [0.3, 0.4) is 0 Å². The summed E-state index contributed by atoms with van der Waals surface area (Å²) < 4.78 is 21.5. The molecule has 1 aliphatic rings. The highest BCUT2D eigenvalue weighted by Crippen LogP contribution is 2.29. The van der Waals surface area contributed by atoms with Crippen molar-refractivity contribution in [2.24, 2.45) is 0 Å². The average Bonchev–Trinajstić information content (AvgIpc) is 3.23. The summed E-state index contributed by atoms with van der Waals surface area (Å²) >= 11 is 0. The van der Waals surface area contributed by atoms with Gasteiger partial charge in [-0.1, -0.05) is 30.3 Å². The lowest BCUT2D eigenvalue weighted by Gasteiger charge is -2.32. The number of amides is 8. The topological polar surface area (TPSA) is 281 Å². The van der Waals surface area contributed by atoms with E-state index in [1.54, 1.807) is 107 Å². The SMILES string of the molecule is CN1C(=O)[C@H](CCCNC(=O)OC(C)(C)C)NC(=O)[C@@H](NC(=O)OC(C)(C)C)Cc2cc(ccc2O)-c2cccc(c2)C[C@H]1C(=O)NCCC[C@H](NC(=O)OC(C)(C)C)C(=O)NCCNC(=O)OC(C)(C)C. The Morgan fingerprint density at radius 2 is 1.21 bits per heavy atom. The number of rotatable bonds is 15. The number of phenolic OH excluding ortho intramolecular Hbond substituents is 1. The van der Waals surface area contributed by atoms with E-state index in [0.29, 0.717) is 22.3 Å². The van der Waals surface area contributed by atoms with Gasteiger partial charge in [0.15, 0.2) is 0 Å². The van der Waals surface area contributed by atoms with Crippen molar-refractivity contribution in [3.8, 4) is 16.9 Å². The first-order chi connectivity index (χ1) is 33.3. The van der Waals surface area contributed by atoms with Crippen molar-refractivity contribution in [3.05, 3.63) is 53.6 Å². The molecule has 0 saturated carbocycles. The van der Waals surface area contributed by atoms with E-state index in [-0.39, 0.29) is 70.5 Å². The predicted octanol–water partition coefficient (Wildman–Crippen LogP) is 5.10. The molecule has 72 heavy (non-hydrogen) atoms. The molecule has 400 valence electrons. The first-order valence-corrected chi connectivity index (χ1v) is 24.3. The molecule has 8 amide bonds. The van der Waals surface area contributed by atoms with Crippen LogP contribution < -0.4 is 37.2 Å². The second kappa shape index (κ2) is 26.1. The number of carbonyl (C=O) groups is 8. The number of benzene rings is 2. The molecular formula is C51H78N8O13. The molecule has 21 nitrogen and oxygen atoms in total. The molecule has 2 aromatic rings. The highest BCUT2D eigenvalue weighted by molar-refractivity contribution is 5.94. The van der Waals surface area contributed by atoms with E-state index < -0.39 is 94.6 Å². The number of likely N-dealkylation sites (N-methyl/N-ethyl adjacent to an activating group) is 1. The van der Waals surface area contributed by atoms with Crippen LogP contribution in [0.2, 0.25) is 0 Å². The molecule has 0 spiro atoms. The van der Waals surface area contributed by atoms with Gasteiger partial charge in [0.2, 0.25) is 23.6 Å². The minimum Gasteiger partial charge on any atom is -0.508 e. The summed E-state index contributed by atoms with van der Waals surface area (Å²) in [5.41, 5.74) is -0.927. The molecular weight excluding hydrogens is 933 g/mol. The fraction of sp³-hybridized carbons (Fsp3) is 0.608. The first kappa shape index (κ1) is 59.5. The molecule has 0 fully saturated rings. The van der Waals surface area contributed by atoms with E-state index >= 15 is 0 Å². The summed E-state index contributed by atoms with van der Waals surface area (Å²) in [5, 5.41) is 29.8. The number of hydrogen-bond acceptors (Lipinski definition) is 13. The zero-order valence-electron chi connectivity index (χ0n) is 44.2. The summed E-state index contributed by atoms with van der Waals surface area (Å²) in [6.45, 7) is 20.4. The van der Waals surface area contributed by atoms with Crippen molar-refractivity contribution in [2.45, 2.75) is 168 Å². The average molecular weight is 1010 g/mol. The summed E-state index contributed by atoms with van der Waals surface area (Å²) in [6.07, 6.45) is -2.92. The number of carbonyl (C=O) groups excluding carboxylic acids is 8. The zero-order valence-corrected chi connectivity index (χ0v) is 44.2. The zero-order chi connectivity index (χ0) is 54.2. The Morgan fingerprint density at radius 1 is 0.667 bits per heavy atom. The van der Waals surface area contributed by atoms with Crippen LogP contribution in [0.5, 0.6) is 5.75 Å². The van der Waals surface area contributed by atoms with Gasteiger partial charge in [-0.2, -0.15) is 0 Å². The van der Waals surface area contributed by atoms with Crippen LogP contribution >= 0.6 is 0 Å². The van der Waals surface area contributed by atoms with Gasteiger partial charge < -0.3 is 66.2 Å². The highest BCUT2D eigenvalue weighted by atomic mass is 16.6. The minimum atomic E-state index is -1.36. The third-order valence-corrected chi connectivity index (χ3v) is 10.3. The Bertz CT molecular complexity index is 2230. The lowest BCUT2D eigenvalue weighted by atomic mass is 9.95. The molecule has 0 saturated heterocycles. The summed E-state index contributed by atoms with van der Waals surface area (Å²) in [6, 6.07) is 7.22. The van der Waals surface area contributed by atoms with Gasteiger partial charge in [0.05, 0.1) is 0 Å². The number of alkyl carbamates (subject to hydrolysis) is 4. The Kier molecular flexibility index (Phi) is 21.5. The molecule has 2 aromatic carbocycles. The van der Waals surface area contributed by atoms with Crippen LogP contribution in [0, 0.1) is 0 Å². The third kappa shape index (κ3) is 22.1. The van der Waals surface area contributed by atoms with E-state index in [9.17, 15) is 43.5 Å². The molecule has 3 rings (SSSR count). The maximum absolute atomic E-state index is 14.7. The minimum absolute atomic E-state index is 0.00216. The van der Waals surface area contributed by atoms with Gasteiger partial charge in [-0.05, 0) is 143 Å². The van der Waals surface area contributed by atoms with Crippen LogP contribution in [0.4, 0.5) is 19.2 Å². The Hall–Kier alpha value is -6.80. The Labute approximate surface area is 423 Å². The van der Waals surface area contributed by atoms with Gasteiger partial charge in [0, 0.05) is 46.1 Å². The van der Waals surface area contributed by atoms with E-state index in [2.05, 4.69) is 37.2 Å². The van der Waals surface area contributed by atoms with Gasteiger partial charge in [-0.25, -0.2) is 19.2 Å². The van der Waals surface area contributed by atoms with Crippen LogP contribution in [0.1, 0.15) is 120 Å². The maximum atomic E-state index is 14.7. The fourth-order valence-corrected chi connectivity index (χ4v) is 7.20. The predicted molar refractivity (Wildman–Crippen MR) is 269 cm³/mol. The van der Waals surface area contributed by atoms with Crippen molar-refractivity contribution >= 4 is 48.0 Å². The van der Waals surface area contributed by atoms with E-state index in [1.165, 1.54) is 18.0 Å². The van der Waals surface area contributed by atoms with Crippen molar-refractivity contribution in [3.63, 3.8) is 0 Å². The smallest absolute Gasteiger partial charge is 0.408 e. The van der Waals surface area contributed by atoms with Crippen molar-refractivity contribution < 1.29 is 62.4 Å². The van der Waals surface area contributed by atoms with E-state index in [4.69, 9.17) is 18.9 Å². The number of nitrogens with one attached hydrogen (secondary N) is 7. The molecule has 4 atom stereocenters. The molecule has 4 bridgehead atoms. The molecule has 0 radical (unpaired) electrons.